The van der Waals surface area contributed by atoms with Crippen molar-refractivity contribution in [3.05, 3.63) is 21.3 Å². The van der Waals surface area contributed by atoms with Crippen LogP contribution < -0.4 is 5.32 Å². The van der Waals surface area contributed by atoms with Crippen LogP contribution in [-0.4, -0.2) is 24.0 Å². The number of rotatable bonds is 4. The maximum absolute atomic E-state index is 11.7. The van der Waals surface area contributed by atoms with E-state index in [9.17, 15) is 9.59 Å². The van der Waals surface area contributed by atoms with E-state index in [1.807, 2.05) is 0 Å². The molecule has 0 aliphatic rings. The van der Waals surface area contributed by atoms with Crippen molar-refractivity contribution in [2.24, 2.45) is 0 Å². The highest BCUT2D eigenvalue weighted by Crippen LogP contribution is 2.21. The quantitative estimate of drug-likeness (QED) is 0.863. The number of ketones is 1. The fourth-order valence-corrected chi connectivity index (χ4v) is 2.30. The molecule has 0 fully saturated rings. The number of hydrogen-bond donors (Lipinski definition) is 1. The SMILES string of the molecule is CC(C)(C)OC(=O)NCCC(=O)c1cscc1Cl. The van der Waals surface area contributed by atoms with Crippen LogP contribution in [0.5, 0.6) is 0 Å². The van der Waals surface area contributed by atoms with Gasteiger partial charge in [0.05, 0.1) is 5.02 Å². The first-order valence-corrected chi connectivity index (χ1v) is 6.83. The van der Waals surface area contributed by atoms with Gasteiger partial charge in [-0.15, -0.1) is 0 Å². The van der Waals surface area contributed by atoms with Gasteiger partial charge in [0.1, 0.15) is 5.60 Å². The topological polar surface area (TPSA) is 55.4 Å². The van der Waals surface area contributed by atoms with Crippen LogP contribution in [-0.2, 0) is 4.74 Å². The second-order valence-electron chi connectivity index (χ2n) is 4.74. The molecule has 18 heavy (non-hydrogen) atoms. The summed E-state index contributed by atoms with van der Waals surface area (Å²) in [5.74, 6) is -0.0858. The van der Waals surface area contributed by atoms with E-state index in [0.29, 0.717) is 10.6 Å². The van der Waals surface area contributed by atoms with Crippen molar-refractivity contribution in [3.8, 4) is 0 Å². The number of carbonyl (C=O) groups is 2. The zero-order valence-electron chi connectivity index (χ0n) is 10.6. The van der Waals surface area contributed by atoms with Crippen LogP contribution >= 0.6 is 22.9 Å². The van der Waals surface area contributed by atoms with Crippen LogP contribution in [0.25, 0.3) is 0 Å². The molecule has 0 radical (unpaired) electrons. The lowest BCUT2D eigenvalue weighted by molar-refractivity contribution is 0.0527. The number of ether oxygens (including phenoxy) is 1. The molecule has 0 aromatic carbocycles. The molecule has 0 saturated carbocycles. The second-order valence-corrected chi connectivity index (χ2v) is 5.89. The summed E-state index contributed by atoms with van der Waals surface area (Å²) in [6.07, 6.45) is -0.317. The smallest absolute Gasteiger partial charge is 0.407 e. The van der Waals surface area contributed by atoms with Crippen LogP contribution in [0.15, 0.2) is 10.8 Å². The summed E-state index contributed by atoms with van der Waals surface area (Å²) in [6, 6.07) is 0. The van der Waals surface area contributed by atoms with Crippen LogP contribution in [0.1, 0.15) is 37.6 Å². The molecule has 1 aromatic rings. The summed E-state index contributed by atoms with van der Waals surface area (Å²) in [6.45, 7) is 5.58. The van der Waals surface area contributed by atoms with Gasteiger partial charge in [0.15, 0.2) is 5.78 Å². The lowest BCUT2D eigenvalue weighted by Gasteiger charge is -2.19. The number of halogens is 1. The monoisotopic (exact) mass is 289 g/mol. The Labute approximate surface area is 115 Å². The van der Waals surface area contributed by atoms with E-state index in [1.54, 1.807) is 31.5 Å². The summed E-state index contributed by atoms with van der Waals surface area (Å²) in [4.78, 5) is 23.0. The number of amides is 1. The number of thiophene rings is 1. The highest BCUT2D eigenvalue weighted by Gasteiger charge is 2.16. The second kappa shape index (κ2) is 6.20. The summed E-state index contributed by atoms with van der Waals surface area (Å²) in [5.41, 5.74) is -0.0299. The molecule has 0 saturated heterocycles. The van der Waals surface area contributed by atoms with Crippen molar-refractivity contribution in [1.29, 1.82) is 0 Å². The Balaban J connectivity index is 2.33. The van der Waals surface area contributed by atoms with Gasteiger partial charge in [-0.3, -0.25) is 4.79 Å². The van der Waals surface area contributed by atoms with Gasteiger partial charge in [-0.05, 0) is 20.8 Å². The first-order valence-electron chi connectivity index (χ1n) is 5.51. The third kappa shape index (κ3) is 5.06. The zero-order chi connectivity index (χ0) is 13.8. The Morgan fingerprint density at radius 1 is 1.39 bits per heavy atom. The van der Waals surface area contributed by atoms with Crippen molar-refractivity contribution in [3.63, 3.8) is 0 Å². The predicted octanol–water partition coefficient (Wildman–Crippen LogP) is 3.50. The third-order valence-corrected chi connectivity index (χ3v) is 3.12. The molecule has 0 bridgehead atoms. The molecule has 6 heteroatoms. The molecule has 4 nitrogen and oxygen atoms in total. The van der Waals surface area contributed by atoms with Crippen molar-refractivity contribution in [2.75, 3.05) is 6.54 Å². The maximum Gasteiger partial charge on any atom is 0.407 e. The van der Waals surface area contributed by atoms with Gasteiger partial charge in [0.2, 0.25) is 0 Å². The molecular weight excluding hydrogens is 274 g/mol. The van der Waals surface area contributed by atoms with Gasteiger partial charge in [0, 0.05) is 29.3 Å². The fourth-order valence-electron chi connectivity index (χ4n) is 1.21. The average molecular weight is 290 g/mol. The Morgan fingerprint density at radius 2 is 2.06 bits per heavy atom. The van der Waals surface area contributed by atoms with Crippen molar-refractivity contribution >= 4 is 34.8 Å². The summed E-state index contributed by atoms with van der Waals surface area (Å²) in [5, 5.41) is 6.40. The van der Waals surface area contributed by atoms with E-state index in [1.165, 1.54) is 11.3 Å². The van der Waals surface area contributed by atoms with Crippen LogP contribution in [0, 0.1) is 0 Å². The summed E-state index contributed by atoms with van der Waals surface area (Å²) >= 11 is 7.22. The van der Waals surface area contributed by atoms with Gasteiger partial charge >= 0.3 is 6.09 Å². The average Bonchev–Trinajstić information content (AvgIpc) is 2.61. The Bertz CT molecular complexity index is 437. The van der Waals surface area contributed by atoms with E-state index in [-0.39, 0.29) is 18.7 Å². The van der Waals surface area contributed by atoms with Gasteiger partial charge in [-0.2, -0.15) is 11.3 Å². The van der Waals surface area contributed by atoms with Gasteiger partial charge < -0.3 is 10.1 Å². The molecule has 0 atom stereocenters. The predicted molar refractivity (Wildman–Crippen MR) is 72.5 cm³/mol. The molecular formula is C12H16ClNO3S. The molecule has 1 heterocycles. The van der Waals surface area contributed by atoms with Crippen molar-refractivity contribution in [2.45, 2.75) is 32.8 Å². The van der Waals surface area contributed by atoms with Gasteiger partial charge in [0.25, 0.3) is 0 Å². The van der Waals surface area contributed by atoms with Crippen LogP contribution in [0.4, 0.5) is 4.79 Å². The minimum atomic E-state index is -0.537. The third-order valence-electron chi connectivity index (χ3n) is 1.94. The highest BCUT2D eigenvalue weighted by molar-refractivity contribution is 7.08. The van der Waals surface area contributed by atoms with E-state index in [0.717, 1.165) is 0 Å². The van der Waals surface area contributed by atoms with Gasteiger partial charge in [-0.1, -0.05) is 11.6 Å². The molecule has 0 spiro atoms. The molecule has 0 unspecified atom stereocenters. The Kier molecular flexibility index (Phi) is 5.16. The van der Waals surface area contributed by atoms with Crippen LogP contribution in [0.2, 0.25) is 5.02 Å². The Hall–Kier alpha value is -1.07. The Morgan fingerprint density at radius 3 is 2.56 bits per heavy atom. The number of nitrogens with one attached hydrogen (secondary N) is 1. The molecule has 1 aromatic heterocycles. The molecule has 0 aliphatic heterocycles. The molecule has 0 aliphatic carbocycles. The largest absolute Gasteiger partial charge is 0.444 e. The van der Waals surface area contributed by atoms with E-state index < -0.39 is 11.7 Å². The van der Waals surface area contributed by atoms with E-state index >= 15 is 0 Å². The normalized spacial score (nSPS) is 11.1. The molecule has 1 amide bonds. The number of alkyl carbamates (subject to hydrolysis) is 1. The minimum Gasteiger partial charge on any atom is -0.444 e. The van der Waals surface area contributed by atoms with Gasteiger partial charge in [-0.25, -0.2) is 4.79 Å². The summed E-state index contributed by atoms with van der Waals surface area (Å²) in [7, 11) is 0. The first-order chi connectivity index (χ1) is 8.29. The molecule has 1 rings (SSSR count). The number of hydrogen-bond acceptors (Lipinski definition) is 4. The first kappa shape index (κ1) is 15.0. The maximum atomic E-state index is 11.7. The zero-order valence-corrected chi connectivity index (χ0v) is 12.2. The van der Waals surface area contributed by atoms with Crippen molar-refractivity contribution < 1.29 is 14.3 Å². The number of Topliss-reactive ketones (excluding diaryl/α,β-unsaturated/α-hetero) is 1. The fraction of sp³-hybridized carbons (Fsp3) is 0.500. The lowest BCUT2D eigenvalue weighted by Crippen LogP contribution is -2.33. The molecule has 100 valence electrons. The summed E-state index contributed by atoms with van der Waals surface area (Å²) < 4.78 is 5.05. The van der Waals surface area contributed by atoms with E-state index in [4.69, 9.17) is 16.3 Å². The van der Waals surface area contributed by atoms with Crippen molar-refractivity contribution in [1.82, 2.24) is 5.32 Å². The standard InChI is InChI=1S/C12H16ClNO3S/c1-12(2,3)17-11(16)14-5-4-10(15)8-6-18-7-9(8)13/h6-7H,4-5H2,1-3H3,(H,14,16). The highest BCUT2D eigenvalue weighted by atomic mass is 35.5. The lowest BCUT2D eigenvalue weighted by atomic mass is 10.1. The molecule has 1 N–H and O–H groups in total. The van der Waals surface area contributed by atoms with E-state index in [2.05, 4.69) is 5.32 Å². The number of carbonyl (C=O) groups excluding carboxylic acids is 2. The van der Waals surface area contributed by atoms with Crippen LogP contribution in [0.3, 0.4) is 0 Å². The minimum absolute atomic E-state index is 0.0858.